The maximum atomic E-state index is 10.4. The third-order valence-corrected chi connectivity index (χ3v) is 4.75. The molecule has 1 heterocycles. The van der Waals surface area contributed by atoms with E-state index in [9.17, 15) is 5.11 Å². The molecule has 2 rings (SSSR count). The number of fused-ring (bicyclic) bond motifs is 1. The second kappa shape index (κ2) is 8.86. The average Bonchev–Trinajstić information content (AvgIpc) is 2.97. The lowest BCUT2D eigenvalue weighted by Crippen LogP contribution is -2.40. The standard InChI is InChI=1S/C17H26N4OS/c1-18-17(19-9-6-10-21(2)3)20-12-14(22)16-11-13-7-4-5-8-15(13)23-16/h4-5,7-8,11,14,22H,6,9-10,12H2,1-3H3,(H2,18,19,20). The summed E-state index contributed by atoms with van der Waals surface area (Å²) in [6.45, 7) is 2.34. The summed E-state index contributed by atoms with van der Waals surface area (Å²) in [5.74, 6) is 0.726. The third-order valence-electron chi connectivity index (χ3n) is 3.53. The van der Waals surface area contributed by atoms with Gasteiger partial charge in [0.2, 0.25) is 0 Å². The predicted molar refractivity (Wildman–Crippen MR) is 99.3 cm³/mol. The summed E-state index contributed by atoms with van der Waals surface area (Å²) in [5.41, 5.74) is 0. The van der Waals surface area contributed by atoms with E-state index in [4.69, 9.17) is 0 Å². The van der Waals surface area contributed by atoms with Gasteiger partial charge in [-0.15, -0.1) is 11.3 Å². The molecule has 0 amide bonds. The third kappa shape index (κ3) is 5.49. The highest BCUT2D eigenvalue weighted by atomic mass is 32.1. The van der Waals surface area contributed by atoms with Gasteiger partial charge in [0, 0.05) is 29.7 Å². The number of rotatable bonds is 7. The molecule has 0 fully saturated rings. The van der Waals surface area contributed by atoms with Crippen molar-refractivity contribution in [2.75, 3.05) is 40.8 Å². The molecule has 0 bridgehead atoms. The maximum absolute atomic E-state index is 10.4. The first-order valence-electron chi connectivity index (χ1n) is 7.86. The first-order chi connectivity index (χ1) is 11.1. The fourth-order valence-electron chi connectivity index (χ4n) is 2.28. The van der Waals surface area contributed by atoms with E-state index < -0.39 is 6.10 Å². The lowest BCUT2D eigenvalue weighted by molar-refractivity contribution is 0.184. The van der Waals surface area contributed by atoms with Crippen molar-refractivity contribution in [3.05, 3.63) is 35.2 Å². The van der Waals surface area contributed by atoms with E-state index in [-0.39, 0.29) is 0 Å². The molecule has 1 aromatic heterocycles. The molecule has 0 radical (unpaired) electrons. The molecule has 0 aliphatic rings. The van der Waals surface area contributed by atoms with Gasteiger partial charge in [-0.2, -0.15) is 0 Å². The highest BCUT2D eigenvalue weighted by Gasteiger charge is 2.12. The summed E-state index contributed by atoms with van der Waals surface area (Å²) >= 11 is 1.63. The molecular weight excluding hydrogens is 308 g/mol. The topological polar surface area (TPSA) is 59.9 Å². The number of aliphatic hydroxyl groups excluding tert-OH is 1. The zero-order valence-corrected chi connectivity index (χ0v) is 14.9. The Morgan fingerprint density at radius 2 is 2.09 bits per heavy atom. The number of hydrogen-bond donors (Lipinski definition) is 3. The van der Waals surface area contributed by atoms with E-state index in [0.717, 1.165) is 30.3 Å². The van der Waals surface area contributed by atoms with Crippen molar-refractivity contribution >= 4 is 27.4 Å². The van der Waals surface area contributed by atoms with Crippen LogP contribution in [0.25, 0.3) is 10.1 Å². The van der Waals surface area contributed by atoms with E-state index in [0.29, 0.717) is 6.54 Å². The predicted octanol–water partition coefficient (Wildman–Crippen LogP) is 2.05. The molecular formula is C17H26N4OS. The molecule has 6 heteroatoms. The second-order valence-corrected chi connectivity index (χ2v) is 6.85. The largest absolute Gasteiger partial charge is 0.386 e. The molecule has 0 spiro atoms. The molecule has 1 aromatic carbocycles. The van der Waals surface area contributed by atoms with E-state index in [2.05, 4.69) is 52.8 Å². The quantitative estimate of drug-likeness (QED) is 0.412. The van der Waals surface area contributed by atoms with Gasteiger partial charge in [-0.05, 0) is 44.6 Å². The average molecular weight is 334 g/mol. The molecule has 0 saturated carbocycles. The molecule has 126 valence electrons. The van der Waals surface area contributed by atoms with Crippen LogP contribution in [0, 0.1) is 0 Å². The lowest BCUT2D eigenvalue weighted by Gasteiger charge is -2.15. The normalized spacial score (nSPS) is 13.5. The molecule has 23 heavy (non-hydrogen) atoms. The number of thiophene rings is 1. The van der Waals surface area contributed by atoms with Gasteiger partial charge in [0.05, 0.1) is 0 Å². The van der Waals surface area contributed by atoms with E-state index in [1.165, 1.54) is 10.1 Å². The molecule has 3 N–H and O–H groups in total. The smallest absolute Gasteiger partial charge is 0.191 e. The molecule has 0 saturated heterocycles. The van der Waals surface area contributed by atoms with E-state index >= 15 is 0 Å². The Balaban J connectivity index is 1.81. The fraction of sp³-hybridized carbons (Fsp3) is 0.471. The Hall–Kier alpha value is -1.63. The van der Waals surface area contributed by atoms with Crippen molar-refractivity contribution in [3.63, 3.8) is 0 Å². The number of benzene rings is 1. The van der Waals surface area contributed by atoms with Gasteiger partial charge in [-0.25, -0.2) is 0 Å². The van der Waals surface area contributed by atoms with Crippen LogP contribution in [-0.4, -0.2) is 56.7 Å². The van der Waals surface area contributed by atoms with Crippen LogP contribution in [0.15, 0.2) is 35.3 Å². The van der Waals surface area contributed by atoms with E-state index in [1.807, 2.05) is 12.1 Å². The van der Waals surface area contributed by atoms with Gasteiger partial charge in [-0.3, -0.25) is 4.99 Å². The van der Waals surface area contributed by atoms with Crippen LogP contribution in [0.2, 0.25) is 0 Å². The minimum Gasteiger partial charge on any atom is -0.386 e. The molecule has 1 atom stereocenters. The van der Waals surface area contributed by atoms with Crippen LogP contribution in [0.4, 0.5) is 0 Å². The molecule has 2 aromatic rings. The SMILES string of the molecule is CN=C(NCCCN(C)C)NCC(O)c1cc2ccccc2s1. The number of aliphatic imine (C=N–C) groups is 1. The van der Waals surface area contributed by atoms with Crippen LogP contribution in [0.5, 0.6) is 0 Å². The van der Waals surface area contributed by atoms with Crippen molar-refractivity contribution in [1.29, 1.82) is 0 Å². The summed E-state index contributed by atoms with van der Waals surface area (Å²) in [6.07, 6.45) is 0.514. The first-order valence-corrected chi connectivity index (χ1v) is 8.67. The van der Waals surface area contributed by atoms with Crippen LogP contribution in [0.1, 0.15) is 17.4 Å². The number of hydrogen-bond acceptors (Lipinski definition) is 4. The molecule has 0 aliphatic heterocycles. The fourth-order valence-corrected chi connectivity index (χ4v) is 3.33. The van der Waals surface area contributed by atoms with Gasteiger partial charge in [-0.1, -0.05) is 18.2 Å². The Bertz CT molecular complexity index is 605. The van der Waals surface area contributed by atoms with E-state index in [1.54, 1.807) is 18.4 Å². The van der Waals surface area contributed by atoms with Gasteiger partial charge in [0.25, 0.3) is 0 Å². The van der Waals surface area contributed by atoms with Crippen LogP contribution >= 0.6 is 11.3 Å². The van der Waals surface area contributed by atoms with Crippen LogP contribution < -0.4 is 10.6 Å². The Morgan fingerprint density at radius 3 is 2.78 bits per heavy atom. The summed E-state index contributed by atoms with van der Waals surface area (Å²) < 4.78 is 1.20. The summed E-state index contributed by atoms with van der Waals surface area (Å²) in [6, 6.07) is 10.2. The second-order valence-electron chi connectivity index (χ2n) is 5.74. The zero-order valence-electron chi connectivity index (χ0n) is 14.0. The van der Waals surface area contributed by atoms with Crippen molar-refractivity contribution in [3.8, 4) is 0 Å². The minimum atomic E-state index is -0.535. The van der Waals surface area contributed by atoms with Gasteiger partial charge in [0.15, 0.2) is 5.96 Å². The lowest BCUT2D eigenvalue weighted by atomic mass is 10.2. The summed E-state index contributed by atoms with van der Waals surface area (Å²) in [4.78, 5) is 7.32. The van der Waals surface area contributed by atoms with Crippen LogP contribution in [0.3, 0.4) is 0 Å². The Kier molecular flexibility index (Phi) is 6.83. The highest BCUT2D eigenvalue weighted by molar-refractivity contribution is 7.19. The first kappa shape index (κ1) is 17.7. The van der Waals surface area contributed by atoms with Crippen molar-refractivity contribution < 1.29 is 5.11 Å². The number of nitrogens with one attached hydrogen (secondary N) is 2. The van der Waals surface area contributed by atoms with Gasteiger partial charge in [0.1, 0.15) is 6.10 Å². The molecule has 0 aliphatic carbocycles. The van der Waals surface area contributed by atoms with Crippen molar-refractivity contribution in [2.24, 2.45) is 4.99 Å². The number of aliphatic hydroxyl groups is 1. The summed E-state index contributed by atoms with van der Waals surface area (Å²) in [5, 5.41) is 18.0. The minimum absolute atomic E-state index is 0.445. The van der Waals surface area contributed by atoms with Gasteiger partial charge >= 0.3 is 0 Å². The Morgan fingerprint density at radius 1 is 1.30 bits per heavy atom. The number of nitrogens with zero attached hydrogens (tertiary/aromatic N) is 2. The highest BCUT2D eigenvalue weighted by Crippen LogP contribution is 2.29. The maximum Gasteiger partial charge on any atom is 0.191 e. The number of guanidine groups is 1. The Labute approximate surface area is 142 Å². The molecule has 1 unspecified atom stereocenters. The van der Waals surface area contributed by atoms with Gasteiger partial charge < -0.3 is 20.6 Å². The molecule has 5 nitrogen and oxygen atoms in total. The van der Waals surface area contributed by atoms with Crippen molar-refractivity contribution in [2.45, 2.75) is 12.5 Å². The monoisotopic (exact) mass is 334 g/mol. The van der Waals surface area contributed by atoms with Crippen molar-refractivity contribution in [1.82, 2.24) is 15.5 Å². The summed E-state index contributed by atoms with van der Waals surface area (Å²) in [7, 11) is 5.87. The zero-order chi connectivity index (χ0) is 16.7. The van der Waals surface area contributed by atoms with Crippen LogP contribution in [-0.2, 0) is 0 Å².